The lowest BCUT2D eigenvalue weighted by Crippen LogP contribution is -2.14. The number of hydrogen-bond acceptors (Lipinski definition) is 5. The Balaban J connectivity index is 1.73. The van der Waals surface area contributed by atoms with Gasteiger partial charge in [0.25, 0.3) is 5.91 Å². The highest BCUT2D eigenvalue weighted by Crippen LogP contribution is 2.32. The molecule has 0 aliphatic rings. The number of carbonyl (C=O) groups is 1. The molecule has 0 unspecified atom stereocenters. The van der Waals surface area contributed by atoms with Gasteiger partial charge in [0.2, 0.25) is 0 Å². The van der Waals surface area contributed by atoms with Crippen molar-refractivity contribution in [2.75, 3.05) is 18.2 Å². The quantitative estimate of drug-likeness (QED) is 0.433. The monoisotopic (exact) mass is 394 g/mol. The predicted molar refractivity (Wildman–Crippen MR) is 114 cm³/mol. The number of benzene rings is 3. The number of rotatable bonds is 5. The van der Waals surface area contributed by atoms with Gasteiger partial charge in [-0.15, -0.1) is 11.3 Å². The molecule has 6 heteroatoms. The minimum atomic E-state index is -0.177. The van der Waals surface area contributed by atoms with Crippen molar-refractivity contribution in [2.24, 2.45) is 0 Å². The second-order valence-electron chi connectivity index (χ2n) is 5.91. The number of thioether (sulfide) groups is 1. The second-order valence-corrected chi connectivity index (χ2v) is 8.00. The second kappa shape index (κ2) is 7.58. The molecule has 0 radical (unpaired) electrons. The molecule has 4 rings (SSSR count). The molecule has 4 nitrogen and oxygen atoms in total. The standard InChI is InChI=1S/C21H18N2O2S2/c1-3-25-17-11-8-13-6-4-5-7-15(13)19(17)20(24)22-14-9-10-16-18(12-14)27-21(23-16)26-2/h4-12H,3H2,1-2H3,(H,22,24). The molecular formula is C21H18N2O2S2. The maximum Gasteiger partial charge on any atom is 0.260 e. The smallest absolute Gasteiger partial charge is 0.260 e. The Bertz CT molecular complexity index is 1140. The minimum Gasteiger partial charge on any atom is -0.493 e. The molecule has 0 fully saturated rings. The van der Waals surface area contributed by atoms with Gasteiger partial charge in [0, 0.05) is 5.69 Å². The Hall–Kier alpha value is -2.57. The lowest BCUT2D eigenvalue weighted by molar-refractivity contribution is 0.102. The third kappa shape index (κ3) is 3.50. The van der Waals surface area contributed by atoms with Crippen LogP contribution in [0.4, 0.5) is 5.69 Å². The highest BCUT2D eigenvalue weighted by atomic mass is 32.2. The van der Waals surface area contributed by atoms with E-state index in [4.69, 9.17) is 4.74 Å². The number of thiazole rings is 1. The predicted octanol–water partition coefficient (Wildman–Crippen LogP) is 5.82. The van der Waals surface area contributed by atoms with Crippen LogP contribution in [0.5, 0.6) is 5.75 Å². The fourth-order valence-electron chi connectivity index (χ4n) is 3.02. The number of nitrogens with zero attached hydrogens (tertiary/aromatic N) is 1. The zero-order valence-electron chi connectivity index (χ0n) is 15.0. The Morgan fingerprint density at radius 2 is 2.04 bits per heavy atom. The van der Waals surface area contributed by atoms with Gasteiger partial charge in [0.1, 0.15) is 5.75 Å². The van der Waals surface area contributed by atoms with Crippen molar-refractivity contribution in [3.05, 3.63) is 60.2 Å². The molecule has 0 aliphatic heterocycles. The van der Waals surface area contributed by atoms with Crippen LogP contribution >= 0.6 is 23.1 Å². The number of ether oxygens (including phenoxy) is 1. The average molecular weight is 395 g/mol. The molecule has 0 saturated heterocycles. The molecule has 0 saturated carbocycles. The summed E-state index contributed by atoms with van der Waals surface area (Å²) >= 11 is 3.25. The van der Waals surface area contributed by atoms with Crippen molar-refractivity contribution < 1.29 is 9.53 Å². The summed E-state index contributed by atoms with van der Waals surface area (Å²) in [7, 11) is 0. The van der Waals surface area contributed by atoms with Crippen molar-refractivity contribution in [3.63, 3.8) is 0 Å². The van der Waals surface area contributed by atoms with Gasteiger partial charge >= 0.3 is 0 Å². The molecule has 0 atom stereocenters. The van der Waals surface area contributed by atoms with E-state index in [1.54, 1.807) is 23.1 Å². The lowest BCUT2D eigenvalue weighted by Gasteiger charge is -2.13. The summed E-state index contributed by atoms with van der Waals surface area (Å²) < 4.78 is 7.79. The molecule has 1 N–H and O–H groups in total. The molecule has 0 spiro atoms. The zero-order chi connectivity index (χ0) is 18.8. The van der Waals surface area contributed by atoms with Crippen molar-refractivity contribution in [1.82, 2.24) is 4.98 Å². The molecule has 1 amide bonds. The van der Waals surface area contributed by atoms with Gasteiger partial charge in [-0.3, -0.25) is 4.79 Å². The van der Waals surface area contributed by atoms with Crippen molar-refractivity contribution in [3.8, 4) is 5.75 Å². The largest absolute Gasteiger partial charge is 0.493 e. The van der Waals surface area contributed by atoms with Crippen LogP contribution in [-0.4, -0.2) is 23.8 Å². The summed E-state index contributed by atoms with van der Waals surface area (Å²) in [5, 5.41) is 4.91. The number of nitrogens with one attached hydrogen (secondary N) is 1. The highest BCUT2D eigenvalue weighted by Gasteiger charge is 2.17. The molecule has 0 aliphatic carbocycles. The van der Waals surface area contributed by atoms with E-state index in [1.165, 1.54) is 0 Å². The maximum absolute atomic E-state index is 13.1. The number of hydrogen-bond donors (Lipinski definition) is 1. The SMILES string of the molecule is CCOc1ccc2ccccc2c1C(=O)Nc1ccc2nc(SC)sc2c1. The van der Waals surface area contributed by atoms with E-state index in [0.29, 0.717) is 17.9 Å². The summed E-state index contributed by atoms with van der Waals surface area (Å²) in [6, 6.07) is 17.5. The zero-order valence-corrected chi connectivity index (χ0v) is 16.6. The van der Waals surface area contributed by atoms with E-state index >= 15 is 0 Å². The Morgan fingerprint density at radius 3 is 2.85 bits per heavy atom. The normalized spacial score (nSPS) is 11.0. The molecule has 3 aromatic carbocycles. The number of amides is 1. The molecule has 1 aromatic heterocycles. The molecule has 136 valence electrons. The van der Waals surface area contributed by atoms with Crippen LogP contribution in [0.25, 0.3) is 21.0 Å². The number of aromatic nitrogens is 1. The van der Waals surface area contributed by atoms with Crippen molar-refractivity contribution in [2.45, 2.75) is 11.3 Å². The van der Waals surface area contributed by atoms with Gasteiger partial charge < -0.3 is 10.1 Å². The number of anilines is 1. The van der Waals surface area contributed by atoms with Gasteiger partial charge in [-0.2, -0.15) is 0 Å². The molecule has 4 aromatic rings. The number of fused-ring (bicyclic) bond motifs is 2. The Kier molecular flexibility index (Phi) is 5.01. The minimum absolute atomic E-state index is 0.177. The highest BCUT2D eigenvalue weighted by molar-refractivity contribution is 8.00. The van der Waals surface area contributed by atoms with Crippen LogP contribution in [-0.2, 0) is 0 Å². The fraction of sp³-hybridized carbons (Fsp3) is 0.143. The van der Waals surface area contributed by atoms with Crippen LogP contribution < -0.4 is 10.1 Å². The molecule has 27 heavy (non-hydrogen) atoms. The molecular weight excluding hydrogens is 376 g/mol. The van der Waals surface area contributed by atoms with Crippen LogP contribution in [0.3, 0.4) is 0 Å². The summed E-state index contributed by atoms with van der Waals surface area (Å²) in [6.07, 6.45) is 2.01. The van der Waals surface area contributed by atoms with E-state index < -0.39 is 0 Å². The third-order valence-corrected chi connectivity index (χ3v) is 6.22. The topological polar surface area (TPSA) is 51.2 Å². The average Bonchev–Trinajstić information content (AvgIpc) is 3.10. The first-order valence-electron chi connectivity index (χ1n) is 8.60. The summed E-state index contributed by atoms with van der Waals surface area (Å²) in [6.45, 7) is 2.42. The first kappa shape index (κ1) is 17.8. The van der Waals surface area contributed by atoms with Gasteiger partial charge in [0.05, 0.1) is 22.4 Å². The van der Waals surface area contributed by atoms with Gasteiger partial charge in [-0.1, -0.05) is 42.1 Å². The van der Waals surface area contributed by atoms with Crippen LogP contribution in [0.2, 0.25) is 0 Å². The Morgan fingerprint density at radius 1 is 1.19 bits per heavy atom. The van der Waals surface area contributed by atoms with Crippen LogP contribution in [0, 0.1) is 0 Å². The number of carbonyl (C=O) groups excluding carboxylic acids is 1. The first-order chi connectivity index (χ1) is 13.2. The van der Waals surface area contributed by atoms with E-state index in [9.17, 15) is 4.79 Å². The van der Waals surface area contributed by atoms with Gasteiger partial charge in [-0.25, -0.2) is 4.98 Å². The summed E-state index contributed by atoms with van der Waals surface area (Å²) in [5.41, 5.74) is 2.26. The van der Waals surface area contributed by atoms with Crippen LogP contribution in [0.1, 0.15) is 17.3 Å². The van der Waals surface area contributed by atoms with E-state index in [-0.39, 0.29) is 5.91 Å². The third-order valence-electron chi connectivity index (χ3n) is 4.22. The first-order valence-corrected chi connectivity index (χ1v) is 10.6. The fourth-order valence-corrected chi connectivity index (χ4v) is 4.55. The van der Waals surface area contributed by atoms with E-state index in [0.717, 1.165) is 31.0 Å². The van der Waals surface area contributed by atoms with E-state index in [1.807, 2.05) is 67.8 Å². The molecule has 0 bridgehead atoms. The van der Waals surface area contributed by atoms with E-state index in [2.05, 4.69) is 10.3 Å². The van der Waals surface area contributed by atoms with Gasteiger partial charge in [0.15, 0.2) is 4.34 Å². The summed E-state index contributed by atoms with van der Waals surface area (Å²) in [5.74, 6) is 0.418. The van der Waals surface area contributed by atoms with Crippen LogP contribution in [0.15, 0.2) is 58.9 Å². The van der Waals surface area contributed by atoms with Crippen molar-refractivity contribution >= 4 is 55.7 Å². The van der Waals surface area contributed by atoms with Crippen molar-refractivity contribution in [1.29, 1.82) is 0 Å². The Labute approximate surface area is 165 Å². The van der Waals surface area contributed by atoms with Gasteiger partial charge in [-0.05, 0) is 48.2 Å². The summed E-state index contributed by atoms with van der Waals surface area (Å²) in [4.78, 5) is 17.7. The lowest BCUT2D eigenvalue weighted by atomic mass is 10.0. The maximum atomic E-state index is 13.1. The molecule has 1 heterocycles.